The average Bonchev–Trinajstić information content (AvgIpc) is 2.96. The van der Waals surface area contributed by atoms with Crippen molar-refractivity contribution in [2.24, 2.45) is 5.92 Å². The molecule has 1 aromatic heterocycles. The van der Waals surface area contributed by atoms with Crippen molar-refractivity contribution in [1.29, 1.82) is 0 Å². The summed E-state index contributed by atoms with van der Waals surface area (Å²) in [5, 5.41) is 6.77. The summed E-state index contributed by atoms with van der Waals surface area (Å²) < 4.78 is 43.7. The molecule has 1 amide bonds. The van der Waals surface area contributed by atoms with E-state index in [2.05, 4.69) is 10.5 Å². The molecular weight excluding hydrogens is 359 g/mol. The van der Waals surface area contributed by atoms with E-state index in [1.807, 2.05) is 39.8 Å². The Morgan fingerprint density at radius 2 is 1.78 bits per heavy atom. The van der Waals surface area contributed by atoms with Crippen LogP contribution in [0.25, 0.3) is 11.3 Å². The summed E-state index contributed by atoms with van der Waals surface area (Å²) in [7, 11) is 3.64. The average molecular weight is 383 g/mol. The third-order valence-corrected chi connectivity index (χ3v) is 4.31. The van der Waals surface area contributed by atoms with Crippen LogP contribution in [0.4, 0.5) is 13.2 Å². The molecule has 1 aromatic carbocycles. The maximum atomic E-state index is 12.8. The van der Waals surface area contributed by atoms with Crippen LogP contribution in [0.3, 0.4) is 0 Å². The van der Waals surface area contributed by atoms with Gasteiger partial charge in [-0.05, 0) is 39.1 Å². The number of hydrogen-bond acceptors (Lipinski definition) is 4. The van der Waals surface area contributed by atoms with Crippen molar-refractivity contribution in [2.45, 2.75) is 39.5 Å². The smallest absolute Gasteiger partial charge is 0.355 e. The third-order valence-electron chi connectivity index (χ3n) is 4.31. The van der Waals surface area contributed by atoms with E-state index in [-0.39, 0.29) is 23.6 Å². The number of carbonyl (C=O) groups excluding carboxylic acids is 1. The molecule has 2 aromatic rings. The number of hydrogen-bond donors (Lipinski definition) is 1. The Labute approximate surface area is 156 Å². The number of carbonyl (C=O) groups is 1. The largest absolute Gasteiger partial charge is 0.416 e. The minimum Gasteiger partial charge on any atom is -0.355 e. The Balaban J connectivity index is 2.40. The third kappa shape index (κ3) is 5.09. The molecule has 27 heavy (non-hydrogen) atoms. The first kappa shape index (κ1) is 21.0. The number of nitrogens with one attached hydrogen (secondary N) is 1. The molecule has 0 aliphatic rings. The van der Waals surface area contributed by atoms with E-state index in [1.54, 1.807) is 0 Å². The van der Waals surface area contributed by atoms with E-state index in [0.717, 1.165) is 12.1 Å². The van der Waals surface area contributed by atoms with Crippen LogP contribution < -0.4 is 5.32 Å². The minimum absolute atomic E-state index is 0.0593. The molecule has 1 atom stereocenters. The summed E-state index contributed by atoms with van der Waals surface area (Å²) in [5.74, 6) is 0.169. The molecule has 0 bridgehead atoms. The molecule has 148 valence electrons. The van der Waals surface area contributed by atoms with Gasteiger partial charge in [0.25, 0.3) is 5.91 Å². The summed E-state index contributed by atoms with van der Waals surface area (Å²) in [6.45, 7) is 6.23. The second kappa shape index (κ2) is 8.12. The van der Waals surface area contributed by atoms with Crippen LogP contribution in [-0.4, -0.2) is 36.1 Å². The van der Waals surface area contributed by atoms with Gasteiger partial charge >= 0.3 is 6.18 Å². The maximum Gasteiger partial charge on any atom is 0.416 e. The first-order chi connectivity index (χ1) is 12.5. The topological polar surface area (TPSA) is 58.4 Å². The molecule has 0 aliphatic heterocycles. The number of alkyl halides is 3. The first-order valence-electron chi connectivity index (χ1n) is 8.62. The number of benzene rings is 1. The number of halogens is 3. The van der Waals surface area contributed by atoms with Crippen LogP contribution in [0.15, 0.2) is 28.8 Å². The molecule has 8 heteroatoms. The molecule has 0 aliphatic carbocycles. The van der Waals surface area contributed by atoms with Gasteiger partial charge < -0.3 is 14.7 Å². The van der Waals surface area contributed by atoms with Gasteiger partial charge in [-0.1, -0.05) is 31.1 Å². The SMILES string of the molecule is CC(C)[C@H](C)NC(=O)c1noc(-c2ccc(C(F)(F)F)cc2)c1CN(C)C. The Bertz CT molecular complexity index is 780. The molecular formula is C19H24F3N3O2. The van der Waals surface area contributed by atoms with Gasteiger partial charge in [0.2, 0.25) is 0 Å². The maximum absolute atomic E-state index is 12.8. The molecule has 0 unspecified atom stereocenters. The van der Waals surface area contributed by atoms with Crippen molar-refractivity contribution >= 4 is 5.91 Å². The number of aromatic nitrogens is 1. The van der Waals surface area contributed by atoms with Crippen LogP contribution in [0.1, 0.15) is 42.4 Å². The number of amides is 1. The predicted molar refractivity (Wildman–Crippen MR) is 96.1 cm³/mol. The van der Waals surface area contributed by atoms with Crippen LogP contribution in [0, 0.1) is 5.92 Å². The van der Waals surface area contributed by atoms with E-state index in [0.29, 0.717) is 23.4 Å². The fourth-order valence-electron chi connectivity index (χ4n) is 2.43. The molecule has 0 saturated heterocycles. The van der Waals surface area contributed by atoms with Gasteiger partial charge in [-0.2, -0.15) is 13.2 Å². The van der Waals surface area contributed by atoms with Gasteiger partial charge in [0.1, 0.15) is 0 Å². The summed E-state index contributed by atoms with van der Waals surface area (Å²) in [6, 6.07) is 4.55. The Morgan fingerprint density at radius 1 is 1.19 bits per heavy atom. The van der Waals surface area contributed by atoms with Crippen molar-refractivity contribution in [1.82, 2.24) is 15.4 Å². The highest BCUT2D eigenvalue weighted by Crippen LogP contribution is 2.33. The van der Waals surface area contributed by atoms with Crippen LogP contribution in [0.2, 0.25) is 0 Å². The predicted octanol–water partition coefficient (Wildman–Crippen LogP) is 4.20. The highest BCUT2D eigenvalue weighted by atomic mass is 19.4. The number of nitrogens with zero attached hydrogens (tertiary/aromatic N) is 2. The second-order valence-corrected chi connectivity index (χ2v) is 7.16. The van der Waals surface area contributed by atoms with Crippen LogP contribution in [0.5, 0.6) is 0 Å². The van der Waals surface area contributed by atoms with E-state index in [1.165, 1.54) is 12.1 Å². The normalized spacial score (nSPS) is 13.3. The summed E-state index contributed by atoms with van der Waals surface area (Å²) in [6.07, 6.45) is -4.41. The van der Waals surface area contributed by atoms with Crippen molar-refractivity contribution in [3.8, 4) is 11.3 Å². The van der Waals surface area contributed by atoms with Gasteiger partial charge in [0.05, 0.1) is 5.56 Å². The molecule has 0 spiro atoms. The quantitative estimate of drug-likeness (QED) is 0.812. The second-order valence-electron chi connectivity index (χ2n) is 7.16. The summed E-state index contributed by atoms with van der Waals surface area (Å²) in [4.78, 5) is 14.4. The van der Waals surface area contributed by atoms with Gasteiger partial charge in [-0.15, -0.1) is 0 Å². The monoisotopic (exact) mass is 383 g/mol. The molecule has 0 saturated carbocycles. The zero-order valence-electron chi connectivity index (χ0n) is 16.0. The lowest BCUT2D eigenvalue weighted by atomic mass is 10.0. The fraction of sp³-hybridized carbons (Fsp3) is 0.474. The van der Waals surface area contributed by atoms with Gasteiger partial charge in [0, 0.05) is 23.7 Å². The summed E-state index contributed by atoms with van der Waals surface area (Å²) >= 11 is 0. The zero-order valence-corrected chi connectivity index (χ0v) is 16.0. The Morgan fingerprint density at radius 3 is 2.26 bits per heavy atom. The van der Waals surface area contributed by atoms with E-state index < -0.39 is 11.7 Å². The van der Waals surface area contributed by atoms with E-state index in [4.69, 9.17) is 4.52 Å². The lowest BCUT2D eigenvalue weighted by Crippen LogP contribution is -2.36. The lowest BCUT2D eigenvalue weighted by molar-refractivity contribution is -0.137. The lowest BCUT2D eigenvalue weighted by Gasteiger charge is -2.17. The van der Waals surface area contributed by atoms with E-state index in [9.17, 15) is 18.0 Å². The first-order valence-corrected chi connectivity index (χ1v) is 8.62. The molecule has 2 rings (SSSR count). The zero-order chi connectivity index (χ0) is 20.4. The molecule has 1 heterocycles. The van der Waals surface area contributed by atoms with Crippen molar-refractivity contribution in [3.63, 3.8) is 0 Å². The molecule has 5 nitrogen and oxygen atoms in total. The highest BCUT2D eigenvalue weighted by Gasteiger charge is 2.31. The Kier molecular flexibility index (Phi) is 6.30. The summed E-state index contributed by atoms with van der Waals surface area (Å²) in [5.41, 5.74) is 0.367. The van der Waals surface area contributed by atoms with Gasteiger partial charge in [-0.3, -0.25) is 4.79 Å². The van der Waals surface area contributed by atoms with Crippen molar-refractivity contribution in [2.75, 3.05) is 14.1 Å². The van der Waals surface area contributed by atoms with Gasteiger partial charge in [-0.25, -0.2) is 0 Å². The minimum atomic E-state index is -4.41. The molecule has 0 fully saturated rings. The highest BCUT2D eigenvalue weighted by molar-refractivity contribution is 5.95. The number of rotatable bonds is 6. The standard InChI is InChI=1S/C19H24F3N3O2/c1-11(2)12(3)23-18(26)16-15(10-25(4)5)17(27-24-16)13-6-8-14(9-7-13)19(20,21)22/h6-9,11-12H,10H2,1-5H3,(H,23,26)/t12-/m0/s1. The molecule has 0 radical (unpaired) electrons. The van der Waals surface area contributed by atoms with Crippen LogP contribution >= 0.6 is 0 Å². The molecule has 1 N–H and O–H groups in total. The van der Waals surface area contributed by atoms with Gasteiger partial charge in [0.15, 0.2) is 11.5 Å². The van der Waals surface area contributed by atoms with E-state index >= 15 is 0 Å². The van der Waals surface area contributed by atoms with Crippen molar-refractivity contribution in [3.05, 3.63) is 41.1 Å². The Hall–Kier alpha value is -2.35. The fourth-order valence-corrected chi connectivity index (χ4v) is 2.43. The van der Waals surface area contributed by atoms with Crippen molar-refractivity contribution < 1.29 is 22.5 Å². The van der Waals surface area contributed by atoms with Crippen LogP contribution in [-0.2, 0) is 12.7 Å².